The molecule has 0 spiro atoms. The third kappa shape index (κ3) is 2.33. The molecule has 4 aromatic rings. The van der Waals surface area contributed by atoms with Gasteiger partial charge in [0.2, 0.25) is 5.95 Å². The third-order valence-corrected chi connectivity index (χ3v) is 4.82. The maximum atomic E-state index is 4.89. The molecule has 0 saturated heterocycles. The quantitative estimate of drug-likeness (QED) is 0.560. The van der Waals surface area contributed by atoms with E-state index in [1.54, 1.807) is 17.1 Å². The van der Waals surface area contributed by atoms with Crippen molar-refractivity contribution in [1.29, 1.82) is 0 Å². The van der Waals surface area contributed by atoms with Gasteiger partial charge in [-0.1, -0.05) is 25.1 Å². The molecule has 8 nitrogen and oxygen atoms in total. The summed E-state index contributed by atoms with van der Waals surface area (Å²) >= 11 is 0. The molecular weight excluding hydrogens is 340 g/mol. The predicted molar refractivity (Wildman–Crippen MR) is 100 cm³/mol. The van der Waals surface area contributed by atoms with Gasteiger partial charge in [-0.2, -0.15) is 4.98 Å². The van der Waals surface area contributed by atoms with Gasteiger partial charge in [0.05, 0.1) is 12.2 Å². The fraction of sp³-hybridized carbons (Fsp3) is 0.211. The number of imidazole rings is 1. The Morgan fingerprint density at radius 2 is 1.96 bits per heavy atom. The van der Waals surface area contributed by atoms with Gasteiger partial charge in [-0.3, -0.25) is 9.13 Å². The van der Waals surface area contributed by atoms with Crippen molar-refractivity contribution in [3.05, 3.63) is 66.9 Å². The summed E-state index contributed by atoms with van der Waals surface area (Å²) in [7, 11) is 0. The van der Waals surface area contributed by atoms with E-state index in [0.29, 0.717) is 5.95 Å². The fourth-order valence-electron chi connectivity index (χ4n) is 3.61. The zero-order valence-corrected chi connectivity index (χ0v) is 15.1. The Morgan fingerprint density at radius 3 is 2.70 bits per heavy atom. The number of aromatic nitrogens is 7. The Morgan fingerprint density at radius 1 is 1.11 bits per heavy atom. The molecule has 4 heterocycles. The van der Waals surface area contributed by atoms with Crippen LogP contribution in [0.3, 0.4) is 0 Å². The SMILES string of the molecule is CCC1c2nnc(C)n2-c2cnc(-n3ccnc3)nc2N1c1ccccc1. The van der Waals surface area contributed by atoms with E-state index in [-0.39, 0.29) is 6.04 Å². The second-order valence-electron chi connectivity index (χ2n) is 6.42. The van der Waals surface area contributed by atoms with Crippen LogP contribution < -0.4 is 4.90 Å². The second-order valence-corrected chi connectivity index (χ2v) is 6.42. The Hall–Kier alpha value is -3.55. The average molecular weight is 358 g/mol. The molecule has 27 heavy (non-hydrogen) atoms. The van der Waals surface area contributed by atoms with E-state index in [9.17, 15) is 0 Å². The van der Waals surface area contributed by atoms with Crippen LogP contribution in [-0.4, -0.2) is 34.3 Å². The van der Waals surface area contributed by atoms with Gasteiger partial charge in [0.15, 0.2) is 11.6 Å². The van der Waals surface area contributed by atoms with Gasteiger partial charge >= 0.3 is 0 Å². The van der Waals surface area contributed by atoms with Crippen LogP contribution in [0.25, 0.3) is 11.6 Å². The van der Waals surface area contributed by atoms with Crippen molar-refractivity contribution in [2.45, 2.75) is 26.3 Å². The largest absolute Gasteiger partial charge is 0.314 e. The first-order valence-corrected chi connectivity index (χ1v) is 8.90. The van der Waals surface area contributed by atoms with E-state index in [2.05, 4.69) is 48.7 Å². The standard InChI is InChI=1S/C19H18N8/c1-3-15-18-24-23-13(2)26(18)16-11-21-19(25-10-9-20-12-25)22-17(16)27(15)14-7-5-4-6-8-14/h4-12,15H,3H2,1-2H3. The van der Waals surface area contributed by atoms with Crippen molar-refractivity contribution in [2.24, 2.45) is 0 Å². The minimum atomic E-state index is 0.0339. The summed E-state index contributed by atoms with van der Waals surface area (Å²) in [5.74, 6) is 3.15. The van der Waals surface area contributed by atoms with Crippen LogP contribution in [0.1, 0.15) is 31.0 Å². The zero-order chi connectivity index (χ0) is 18.4. The highest BCUT2D eigenvalue weighted by Gasteiger charge is 2.35. The van der Waals surface area contributed by atoms with Crippen LogP contribution in [0.4, 0.5) is 11.5 Å². The first-order chi connectivity index (χ1) is 13.3. The minimum Gasteiger partial charge on any atom is -0.314 e. The Kier molecular flexibility index (Phi) is 3.49. The molecule has 0 fully saturated rings. The number of rotatable bonds is 3. The van der Waals surface area contributed by atoms with Crippen molar-refractivity contribution in [2.75, 3.05) is 4.90 Å². The molecule has 3 aromatic heterocycles. The maximum absolute atomic E-state index is 4.89. The molecule has 0 amide bonds. The number of benzene rings is 1. The number of anilines is 2. The number of hydrogen-bond donors (Lipinski definition) is 0. The van der Waals surface area contributed by atoms with Gasteiger partial charge < -0.3 is 4.90 Å². The number of hydrogen-bond acceptors (Lipinski definition) is 6. The first-order valence-electron chi connectivity index (χ1n) is 8.90. The highest BCUT2D eigenvalue weighted by molar-refractivity contribution is 5.71. The van der Waals surface area contributed by atoms with Crippen molar-refractivity contribution in [1.82, 2.24) is 34.3 Å². The third-order valence-electron chi connectivity index (χ3n) is 4.82. The van der Waals surface area contributed by atoms with Crippen LogP contribution in [0.5, 0.6) is 0 Å². The van der Waals surface area contributed by atoms with Crippen LogP contribution in [-0.2, 0) is 0 Å². The molecule has 0 radical (unpaired) electrons. The molecular formula is C19H18N8. The lowest BCUT2D eigenvalue weighted by Gasteiger charge is -2.37. The van der Waals surface area contributed by atoms with Crippen LogP contribution >= 0.6 is 0 Å². The van der Waals surface area contributed by atoms with Gasteiger partial charge in [0.25, 0.3) is 0 Å². The smallest absolute Gasteiger partial charge is 0.237 e. The van der Waals surface area contributed by atoms with Crippen molar-refractivity contribution >= 4 is 11.5 Å². The summed E-state index contributed by atoms with van der Waals surface area (Å²) in [6.45, 7) is 4.10. The van der Waals surface area contributed by atoms with E-state index in [1.807, 2.05) is 37.5 Å². The molecule has 0 bridgehead atoms. The number of para-hydroxylation sites is 1. The van der Waals surface area contributed by atoms with Gasteiger partial charge in [0, 0.05) is 18.1 Å². The number of nitrogens with zero attached hydrogens (tertiary/aromatic N) is 8. The maximum Gasteiger partial charge on any atom is 0.237 e. The Balaban J connectivity index is 1.79. The van der Waals surface area contributed by atoms with E-state index in [1.165, 1.54) is 0 Å². The lowest BCUT2D eigenvalue weighted by Crippen LogP contribution is -2.32. The van der Waals surface area contributed by atoms with Gasteiger partial charge in [0.1, 0.15) is 17.8 Å². The summed E-state index contributed by atoms with van der Waals surface area (Å²) in [6.07, 6.45) is 7.96. The molecule has 1 aliphatic heterocycles. The molecule has 1 aliphatic rings. The molecule has 1 aromatic carbocycles. The molecule has 0 aliphatic carbocycles. The molecule has 134 valence electrons. The van der Waals surface area contributed by atoms with Crippen molar-refractivity contribution < 1.29 is 0 Å². The molecule has 1 atom stereocenters. The summed E-state index contributed by atoms with van der Waals surface area (Å²) in [5.41, 5.74) is 1.94. The minimum absolute atomic E-state index is 0.0339. The van der Waals surface area contributed by atoms with Gasteiger partial charge in [-0.15, -0.1) is 10.2 Å². The summed E-state index contributed by atoms with van der Waals surface area (Å²) in [6, 6.07) is 10.3. The fourth-order valence-corrected chi connectivity index (χ4v) is 3.61. The van der Waals surface area contributed by atoms with E-state index < -0.39 is 0 Å². The molecule has 1 unspecified atom stereocenters. The Labute approximate surface area is 156 Å². The van der Waals surface area contributed by atoms with Crippen LogP contribution in [0.2, 0.25) is 0 Å². The predicted octanol–water partition coefficient (Wildman–Crippen LogP) is 3.15. The van der Waals surface area contributed by atoms with E-state index in [4.69, 9.17) is 4.98 Å². The van der Waals surface area contributed by atoms with E-state index in [0.717, 1.165) is 35.3 Å². The van der Waals surface area contributed by atoms with Crippen molar-refractivity contribution in [3.63, 3.8) is 0 Å². The van der Waals surface area contributed by atoms with Crippen LogP contribution in [0.15, 0.2) is 55.2 Å². The summed E-state index contributed by atoms with van der Waals surface area (Å²) < 4.78 is 3.86. The highest BCUT2D eigenvalue weighted by Crippen LogP contribution is 2.43. The molecule has 0 saturated carbocycles. The zero-order valence-electron chi connectivity index (χ0n) is 15.1. The van der Waals surface area contributed by atoms with Crippen LogP contribution in [0, 0.1) is 6.92 Å². The Bertz CT molecular complexity index is 1080. The summed E-state index contributed by atoms with van der Waals surface area (Å²) in [4.78, 5) is 15.8. The first kappa shape index (κ1) is 15.7. The van der Waals surface area contributed by atoms with E-state index >= 15 is 0 Å². The summed E-state index contributed by atoms with van der Waals surface area (Å²) in [5, 5.41) is 8.77. The lowest BCUT2D eigenvalue weighted by molar-refractivity contribution is 0.586. The number of aryl methyl sites for hydroxylation is 1. The normalized spacial score (nSPS) is 15.5. The molecule has 8 heteroatoms. The molecule has 5 rings (SSSR count). The second kappa shape index (κ2) is 6.01. The highest BCUT2D eigenvalue weighted by atomic mass is 15.4. The average Bonchev–Trinajstić information content (AvgIpc) is 3.37. The van der Waals surface area contributed by atoms with Gasteiger partial charge in [-0.25, -0.2) is 9.97 Å². The lowest BCUT2D eigenvalue weighted by atomic mass is 10.1. The topological polar surface area (TPSA) is 77.5 Å². The number of fused-ring (bicyclic) bond motifs is 3. The monoisotopic (exact) mass is 358 g/mol. The molecule has 0 N–H and O–H groups in total. The van der Waals surface area contributed by atoms with Gasteiger partial charge in [-0.05, 0) is 25.5 Å². The van der Waals surface area contributed by atoms with Crippen molar-refractivity contribution in [3.8, 4) is 11.6 Å².